The first-order valence-electron chi connectivity index (χ1n) is 34.5. The van der Waals surface area contributed by atoms with Gasteiger partial charge in [0.15, 0.2) is 6.10 Å². The molecule has 1 unspecified atom stereocenters. The molecule has 0 aliphatic rings. The number of hydrogen-bond acceptors (Lipinski definition) is 6. The number of carbonyl (C=O) groups excluding carboxylic acids is 3. The Kier molecular flexibility index (Phi) is 65.8. The van der Waals surface area contributed by atoms with Gasteiger partial charge in [-0.05, 0) is 109 Å². The molecule has 0 fully saturated rings. The molecule has 82 heavy (non-hydrogen) atoms. The maximum atomic E-state index is 12.9. The van der Waals surface area contributed by atoms with E-state index in [1.165, 1.54) is 173 Å². The van der Waals surface area contributed by atoms with Crippen LogP contribution < -0.4 is 0 Å². The van der Waals surface area contributed by atoms with Crippen molar-refractivity contribution in [3.8, 4) is 0 Å². The van der Waals surface area contributed by atoms with Crippen molar-refractivity contribution in [1.82, 2.24) is 0 Å². The smallest absolute Gasteiger partial charge is 0.306 e. The average molecular weight is 1140 g/mol. The molecule has 0 bridgehead atoms. The largest absolute Gasteiger partial charge is 0.462 e. The number of carbonyl (C=O) groups is 3. The van der Waals surface area contributed by atoms with Crippen molar-refractivity contribution < 1.29 is 28.6 Å². The number of allylic oxidation sites excluding steroid dienone is 20. The first-order chi connectivity index (χ1) is 40.5. The van der Waals surface area contributed by atoms with Crippen LogP contribution in [-0.4, -0.2) is 37.2 Å². The van der Waals surface area contributed by atoms with Crippen molar-refractivity contribution in [1.29, 1.82) is 0 Å². The van der Waals surface area contributed by atoms with Crippen LogP contribution in [0.4, 0.5) is 0 Å². The second kappa shape index (κ2) is 69.3. The van der Waals surface area contributed by atoms with E-state index in [0.29, 0.717) is 19.3 Å². The van der Waals surface area contributed by atoms with Crippen molar-refractivity contribution in [3.05, 3.63) is 122 Å². The minimum absolute atomic E-state index is 0.0952. The predicted octanol–water partition coefficient (Wildman–Crippen LogP) is 23.9. The average Bonchev–Trinajstić information content (AvgIpc) is 3.47. The fraction of sp³-hybridized carbons (Fsp3) is 0.697. The Morgan fingerprint density at radius 3 is 0.805 bits per heavy atom. The van der Waals surface area contributed by atoms with E-state index in [4.69, 9.17) is 14.2 Å². The minimum Gasteiger partial charge on any atom is -0.462 e. The van der Waals surface area contributed by atoms with Gasteiger partial charge in [0.05, 0.1) is 0 Å². The van der Waals surface area contributed by atoms with E-state index in [1.54, 1.807) is 0 Å². The molecule has 0 saturated carbocycles. The second-order valence-corrected chi connectivity index (χ2v) is 22.7. The lowest BCUT2D eigenvalue weighted by Gasteiger charge is -2.18. The number of unbranched alkanes of at least 4 members (excludes halogenated alkanes) is 31. The third-order valence-corrected chi connectivity index (χ3v) is 14.7. The third-order valence-electron chi connectivity index (χ3n) is 14.7. The fourth-order valence-corrected chi connectivity index (χ4v) is 9.56. The van der Waals surface area contributed by atoms with Crippen molar-refractivity contribution in [3.63, 3.8) is 0 Å². The highest BCUT2D eigenvalue weighted by atomic mass is 16.6. The topological polar surface area (TPSA) is 78.9 Å². The number of hydrogen-bond donors (Lipinski definition) is 0. The van der Waals surface area contributed by atoms with Crippen LogP contribution in [0.5, 0.6) is 0 Å². The zero-order valence-electron chi connectivity index (χ0n) is 53.7. The van der Waals surface area contributed by atoms with Crippen molar-refractivity contribution in [2.24, 2.45) is 0 Å². The molecule has 1 atom stereocenters. The Hall–Kier alpha value is -4.19. The Labute approximate surface area is 507 Å². The van der Waals surface area contributed by atoms with Gasteiger partial charge in [0.2, 0.25) is 0 Å². The summed E-state index contributed by atoms with van der Waals surface area (Å²) in [4.78, 5) is 38.3. The van der Waals surface area contributed by atoms with Crippen LogP contribution in [0.25, 0.3) is 0 Å². The molecule has 6 nitrogen and oxygen atoms in total. The Morgan fingerprint density at radius 1 is 0.256 bits per heavy atom. The summed E-state index contributed by atoms with van der Waals surface area (Å²) in [5.41, 5.74) is 0. The van der Waals surface area contributed by atoms with E-state index in [0.717, 1.165) is 103 Å². The highest BCUT2D eigenvalue weighted by molar-refractivity contribution is 5.71. The molecule has 0 N–H and O–H groups in total. The summed E-state index contributed by atoms with van der Waals surface area (Å²) in [6.45, 7) is 6.50. The molecule has 0 aromatic carbocycles. The molecule has 0 radical (unpaired) electrons. The maximum absolute atomic E-state index is 12.9. The summed E-state index contributed by atoms with van der Waals surface area (Å²) >= 11 is 0. The van der Waals surface area contributed by atoms with Gasteiger partial charge >= 0.3 is 17.9 Å². The normalized spacial score (nSPS) is 12.9. The molecule has 6 heteroatoms. The highest BCUT2D eigenvalue weighted by Gasteiger charge is 2.19. The monoisotopic (exact) mass is 1140 g/mol. The lowest BCUT2D eigenvalue weighted by Crippen LogP contribution is -2.30. The summed E-state index contributed by atoms with van der Waals surface area (Å²) in [6, 6.07) is 0. The standard InChI is InChI=1S/C76H128O6/c1-4-7-10-13-16-19-22-25-27-29-31-33-35-36-37-38-39-40-42-43-45-47-49-51-54-57-60-63-66-69-75(78)81-72-73(71-80-74(77)68-65-62-59-56-53-24-21-18-15-12-9-6-3)82-76(79)70-67-64-61-58-55-52-50-48-46-44-41-34-32-30-28-26-23-20-17-14-11-8-5-2/h7,10,16,19,25,27,30-33,36-37,39-40,43,45,49,51,57,60,73H,4-6,8-9,11-15,17-18,20-24,26,28-29,34-35,38,41-42,44,46-48,50,52-56,58-59,61-72H2,1-3H3/b10-7-,19-16-,27-25-,32-30-,33-31-,37-36-,40-39-,45-43-,51-49-,60-57-. The summed E-state index contributed by atoms with van der Waals surface area (Å²) in [5.74, 6) is -0.949. The highest BCUT2D eigenvalue weighted by Crippen LogP contribution is 2.16. The van der Waals surface area contributed by atoms with Gasteiger partial charge in [-0.3, -0.25) is 14.4 Å². The van der Waals surface area contributed by atoms with Gasteiger partial charge < -0.3 is 14.2 Å². The minimum atomic E-state index is -0.804. The van der Waals surface area contributed by atoms with Crippen LogP contribution in [0.15, 0.2) is 122 Å². The molecule has 0 aromatic heterocycles. The van der Waals surface area contributed by atoms with Gasteiger partial charge in [-0.15, -0.1) is 0 Å². The van der Waals surface area contributed by atoms with Gasteiger partial charge in [-0.1, -0.05) is 316 Å². The Morgan fingerprint density at radius 2 is 0.488 bits per heavy atom. The zero-order chi connectivity index (χ0) is 59.2. The first-order valence-corrected chi connectivity index (χ1v) is 34.5. The number of rotatable bonds is 62. The Balaban J connectivity index is 4.39. The van der Waals surface area contributed by atoms with Crippen LogP contribution in [0.3, 0.4) is 0 Å². The molecule has 0 aliphatic carbocycles. The Bertz CT molecular complexity index is 1690. The van der Waals surface area contributed by atoms with Crippen LogP contribution in [0, 0.1) is 0 Å². The van der Waals surface area contributed by atoms with E-state index in [-0.39, 0.29) is 37.5 Å². The molecule has 0 spiro atoms. The molecule has 0 heterocycles. The zero-order valence-corrected chi connectivity index (χ0v) is 53.7. The maximum Gasteiger partial charge on any atom is 0.306 e. The third kappa shape index (κ3) is 66.6. The number of esters is 3. The van der Waals surface area contributed by atoms with Gasteiger partial charge in [0.25, 0.3) is 0 Å². The van der Waals surface area contributed by atoms with Gasteiger partial charge in [0.1, 0.15) is 13.2 Å². The van der Waals surface area contributed by atoms with E-state index >= 15 is 0 Å². The molecule has 0 amide bonds. The van der Waals surface area contributed by atoms with E-state index in [9.17, 15) is 14.4 Å². The van der Waals surface area contributed by atoms with Gasteiger partial charge in [0, 0.05) is 19.3 Å². The first kappa shape index (κ1) is 77.8. The number of ether oxygens (including phenoxy) is 3. The lowest BCUT2D eigenvalue weighted by atomic mass is 10.0. The van der Waals surface area contributed by atoms with Crippen LogP contribution in [0.2, 0.25) is 0 Å². The summed E-state index contributed by atoms with van der Waals surface area (Å²) < 4.78 is 16.9. The molecular formula is C76H128O6. The van der Waals surface area contributed by atoms with Gasteiger partial charge in [-0.2, -0.15) is 0 Å². The predicted molar refractivity (Wildman–Crippen MR) is 357 cm³/mol. The molecule has 0 rings (SSSR count). The van der Waals surface area contributed by atoms with Gasteiger partial charge in [-0.25, -0.2) is 0 Å². The summed E-state index contributed by atoms with van der Waals surface area (Å²) in [6.07, 6.45) is 96.5. The molecule has 468 valence electrons. The summed E-state index contributed by atoms with van der Waals surface area (Å²) in [7, 11) is 0. The fourth-order valence-electron chi connectivity index (χ4n) is 9.56. The molecular weight excluding hydrogens is 1010 g/mol. The van der Waals surface area contributed by atoms with E-state index in [2.05, 4.69) is 142 Å². The van der Waals surface area contributed by atoms with Crippen molar-refractivity contribution in [2.75, 3.05) is 13.2 Å². The quantitative estimate of drug-likeness (QED) is 0.0261. The van der Waals surface area contributed by atoms with E-state index < -0.39 is 6.10 Å². The van der Waals surface area contributed by atoms with Crippen LogP contribution >= 0.6 is 0 Å². The summed E-state index contributed by atoms with van der Waals surface area (Å²) in [5, 5.41) is 0. The van der Waals surface area contributed by atoms with E-state index in [1.807, 2.05) is 0 Å². The van der Waals surface area contributed by atoms with Crippen molar-refractivity contribution >= 4 is 17.9 Å². The van der Waals surface area contributed by atoms with Crippen LogP contribution in [-0.2, 0) is 28.6 Å². The molecule has 0 aromatic rings. The molecule has 0 saturated heterocycles. The second-order valence-electron chi connectivity index (χ2n) is 22.7. The van der Waals surface area contributed by atoms with Crippen LogP contribution in [0.1, 0.15) is 323 Å². The molecule has 0 aliphatic heterocycles. The SMILES string of the molecule is CC/C=C\C/C=C\C/C=C\C/C=C\C/C=C\C/C=C\C/C=C\C/C=C\C/C=C\CCCC(=O)OCC(COC(=O)CCCCCCCCCCCCCC)OC(=O)CCCCCCCCCCCCC/C=C\CCCCCCCCCC. The lowest BCUT2D eigenvalue weighted by molar-refractivity contribution is -0.167. The van der Waals surface area contributed by atoms with Crippen molar-refractivity contribution in [2.45, 2.75) is 329 Å².